The van der Waals surface area contributed by atoms with Gasteiger partial charge in [-0.1, -0.05) is 17.7 Å². The first-order chi connectivity index (χ1) is 20.6. The number of likely N-dealkylation sites (tertiary alicyclic amines) is 1. The highest BCUT2D eigenvalue weighted by Gasteiger charge is 2.28. The predicted octanol–water partition coefficient (Wildman–Crippen LogP) is 4.77. The summed E-state index contributed by atoms with van der Waals surface area (Å²) in [5.41, 5.74) is 1.76. The van der Waals surface area contributed by atoms with Crippen LogP contribution in [0.2, 0.25) is 5.02 Å². The molecule has 1 N–H and O–H groups in total. The van der Waals surface area contributed by atoms with Gasteiger partial charge in [-0.15, -0.1) is 10.2 Å². The normalized spacial score (nSPS) is 14.8. The molecule has 4 heterocycles. The number of halogens is 1. The second-order valence-corrected chi connectivity index (χ2v) is 11.7. The molecule has 1 fully saturated rings. The molecule has 4 aromatic rings. The summed E-state index contributed by atoms with van der Waals surface area (Å²) >= 11 is 6.40. The molecule has 0 aliphatic carbocycles. The fraction of sp³-hybridized carbons (Fsp3) is 0.464. The van der Waals surface area contributed by atoms with Crippen LogP contribution in [-0.2, 0) is 11.3 Å². The molecule has 15 heteroatoms. The monoisotopic (exact) mass is 610 g/mol. The number of anilines is 2. The van der Waals surface area contributed by atoms with E-state index in [1.807, 2.05) is 50.7 Å². The molecule has 43 heavy (non-hydrogen) atoms. The number of ether oxygens (including phenoxy) is 3. The van der Waals surface area contributed by atoms with E-state index < -0.39 is 5.60 Å². The average Bonchev–Trinajstić information content (AvgIpc) is 3.63. The van der Waals surface area contributed by atoms with E-state index in [1.54, 1.807) is 35.2 Å². The molecule has 0 saturated carbocycles. The van der Waals surface area contributed by atoms with Gasteiger partial charge in [-0.25, -0.2) is 19.4 Å². The third-order valence-corrected chi connectivity index (χ3v) is 7.02. The number of nitrogens with one attached hydrogen (secondary N) is 1. The maximum Gasteiger partial charge on any atom is 0.410 e. The number of amides is 1. The molecule has 1 aliphatic rings. The maximum atomic E-state index is 12.4. The topological polar surface area (TPSA) is 147 Å². The van der Waals surface area contributed by atoms with Gasteiger partial charge in [0.05, 0.1) is 30.9 Å². The van der Waals surface area contributed by atoms with Crippen LogP contribution in [0.3, 0.4) is 0 Å². The Morgan fingerprint density at radius 1 is 1.16 bits per heavy atom. The number of hydrogen-bond donors (Lipinski definition) is 1. The van der Waals surface area contributed by atoms with Crippen LogP contribution in [0, 0.1) is 0 Å². The largest absolute Gasteiger partial charge is 0.487 e. The quantitative estimate of drug-likeness (QED) is 0.279. The van der Waals surface area contributed by atoms with Crippen molar-refractivity contribution in [2.24, 2.45) is 0 Å². The van der Waals surface area contributed by atoms with Gasteiger partial charge in [0.15, 0.2) is 0 Å². The first-order valence-corrected chi connectivity index (χ1v) is 14.3. The Morgan fingerprint density at radius 3 is 2.56 bits per heavy atom. The number of piperidine rings is 1. The predicted molar refractivity (Wildman–Crippen MR) is 159 cm³/mol. The van der Waals surface area contributed by atoms with Gasteiger partial charge in [0.2, 0.25) is 5.95 Å². The summed E-state index contributed by atoms with van der Waals surface area (Å²) in [4.78, 5) is 23.2. The SMILES string of the molecule is COc1nn(C2CCN(C(=O)OC(C)(C)C)CC2)cc1Nc1ncc(-c2ccc(Cl)c(O[C@@H](C)Cn3cnnn3)c2)cn1. The molecular weight excluding hydrogens is 576 g/mol. The minimum absolute atomic E-state index is 0.114. The third-order valence-electron chi connectivity index (χ3n) is 6.71. The van der Waals surface area contributed by atoms with Gasteiger partial charge >= 0.3 is 6.09 Å². The Bertz CT molecular complexity index is 1510. The molecule has 3 aromatic heterocycles. The Labute approximate surface area is 254 Å². The van der Waals surface area contributed by atoms with E-state index in [1.165, 1.54) is 6.33 Å². The molecule has 0 unspecified atom stereocenters. The van der Waals surface area contributed by atoms with E-state index in [9.17, 15) is 4.79 Å². The van der Waals surface area contributed by atoms with E-state index >= 15 is 0 Å². The zero-order valence-corrected chi connectivity index (χ0v) is 25.5. The number of hydrogen-bond acceptors (Lipinski definition) is 11. The summed E-state index contributed by atoms with van der Waals surface area (Å²) in [7, 11) is 1.57. The molecule has 1 aromatic carbocycles. The number of benzene rings is 1. The van der Waals surface area contributed by atoms with Gasteiger partial charge in [0.1, 0.15) is 29.5 Å². The van der Waals surface area contributed by atoms with Crippen molar-refractivity contribution >= 4 is 29.3 Å². The van der Waals surface area contributed by atoms with Crippen molar-refractivity contribution in [1.82, 2.24) is 44.9 Å². The smallest absolute Gasteiger partial charge is 0.410 e. The van der Waals surface area contributed by atoms with Crippen LogP contribution in [-0.4, -0.2) is 82.9 Å². The van der Waals surface area contributed by atoms with Crippen molar-refractivity contribution in [3.8, 4) is 22.8 Å². The van der Waals surface area contributed by atoms with Gasteiger partial charge in [-0.3, -0.25) is 4.68 Å². The lowest BCUT2D eigenvalue weighted by Gasteiger charge is -2.33. The summed E-state index contributed by atoms with van der Waals surface area (Å²) in [6.45, 7) is 9.17. The molecule has 1 amide bonds. The second-order valence-electron chi connectivity index (χ2n) is 11.3. The molecular formula is C28H35ClN10O4. The fourth-order valence-electron chi connectivity index (χ4n) is 4.65. The maximum absolute atomic E-state index is 12.4. The Hall–Kier alpha value is -4.46. The average molecular weight is 611 g/mol. The lowest BCUT2D eigenvalue weighted by molar-refractivity contribution is 0.0184. The van der Waals surface area contributed by atoms with Gasteiger partial charge in [0.25, 0.3) is 5.88 Å². The van der Waals surface area contributed by atoms with Crippen LogP contribution in [0.5, 0.6) is 11.6 Å². The van der Waals surface area contributed by atoms with Crippen molar-refractivity contribution < 1.29 is 19.0 Å². The van der Waals surface area contributed by atoms with Gasteiger partial charge < -0.3 is 24.4 Å². The van der Waals surface area contributed by atoms with Gasteiger partial charge in [0, 0.05) is 31.0 Å². The highest BCUT2D eigenvalue weighted by atomic mass is 35.5. The van der Waals surface area contributed by atoms with E-state index in [0.717, 1.165) is 24.0 Å². The zero-order chi connectivity index (χ0) is 30.6. The number of carbonyl (C=O) groups is 1. The minimum atomic E-state index is -0.521. The zero-order valence-electron chi connectivity index (χ0n) is 24.8. The van der Waals surface area contributed by atoms with Crippen molar-refractivity contribution in [2.45, 2.75) is 64.8 Å². The van der Waals surface area contributed by atoms with Crippen LogP contribution in [0.1, 0.15) is 46.6 Å². The van der Waals surface area contributed by atoms with Crippen LogP contribution in [0.15, 0.2) is 43.1 Å². The summed E-state index contributed by atoms with van der Waals surface area (Å²) < 4.78 is 20.5. The number of carbonyl (C=O) groups excluding carboxylic acids is 1. The fourth-order valence-corrected chi connectivity index (χ4v) is 4.82. The summed E-state index contributed by atoms with van der Waals surface area (Å²) in [6.07, 6.45) is 7.84. The highest BCUT2D eigenvalue weighted by Crippen LogP contribution is 2.33. The lowest BCUT2D eigenvalue weighted by atomic mass is 10.1. The van der Waals surface area contributed by atoms with Crippen LogP contribution >= 0.6 is 11.6 Å². The molecule has 0 bridgehead atoms. The van der Waals surface area contributed by atoms with Gasteiger partial charge in [-0.05, 0) is 68.7 Å². The van der Waals surface area contributed by atoms with Crippen molar-refractivity contribution in [3.63, 3.8) is 0 Å². The molecule has 0 radical (unpaired) electrons. The Balaban J connectivity index is 1.22. The van der Waals surface area contributed by atoms with E-state index in [-0.39, 0.29) is 18.2 Å². The summed E-state index contributed by atoms with van der Waals surface area (Å²) in [5, 5.41) is 19.5. The molecule has 0 spiro atoms. The molecule has 228 valence electrons. The van der Waals surface area contributed by atoms with E-state index in [4.69, 9.17) is 25.8 Å². The number of rotatable bonds is 9. The number of aromatic nitrogens is 8. The highest BCUT2D eigenvalue weighted by molar-refractivity contribution is 6.32. The molecule has 1 atom stereocenters. The molecule has 14 nitrogen and oxygen atoms in total. The number of tetrazole rings is 1. The minimum Gasteiger partial charge on any atom is -0.487 e. The molecule has 1 saturated heterocycles. The summed E-state index contributed by atoms with van der Waals surface area (Å²) in [6, 6.07) is 5.63. The Kier molecular flexibility index (Phi) is 8.94. The second kappa shape index (κ2) is 12.8. The molecule has 1 aliphatic heterocycles. The third kappa shape index (κ3) is 7.69. The first kappa shape index (κ1) is 30.0. The van der Waals surface area contributed by atoms with E-state index in [0.29, 0.717) is 47.9 Å². The Morgan fingerprint density at radius 2 is 1.91 bits per heavy atom. The standard InChI is InChI=1S/C28H35ClN10O4/c1-18(15-38-17-32-35-36-38)42-24-12-19(6-7-22(24)29)20-13-30-26(31-14-20)33-23-16-39(34-25(23)41-5)21-8-10-37(11-9-21)27(40)43-28(2,3)4/h6-7,12-14,16-18,21H,8-11,15H2,1-5H3,(H,30,31,33)/t18-/m0/s1. The van der Waals surface area contributed by atoms with Crippen molar-refractivity contribution in [1.29, 1.82) is 0 Å². The van der Waals surface area contributed by atoms with Gasteiger partial charge in [-0.2, -0.15) is 0 Å². The van der Waals surface area contributed by atoms with Crippen LogP contribution < -0.4 is 14.8 Å². The molecule has 5 rings (SSSR count). The van der Waals surface area contributed by atoms with Crippen molar-refractivity contribution in [2.75, 3.05) is 25.5 Å². The van der Waals surface area contributed by atoms with Crippen molar-refractivity contribution in [3.05, 3.63) is 48.1 Å². The number of methoxy groups -OCH3 is 1. The first-order valence-electron chi connectivity index (χ1n) is 14.0. The van der Waals surface area contributed by atoms with Crippen LogP contribution in [0.4, 0.5) is 16.4 Å². The summed E-state index contributed by atoms with van der Waals surface area (Å²) in [5.74, 6) is 1.36. The number of nitrogens with zero attached hydrogens (tertiary/aromatic N) is 9. The van der Waals surface area contributed by atoms with E-state index in [2.05, 4.69) is 35.9 Å². The lowest BCUT2D eigenvalue weighted by Crippen LogP contribution is -2.42. The van der Waals surface area contributed by atoms with Crippen LogP contribution in [0.25, 0.3) is 11.1 Å².